The molecule has 2 aromatic heterocycles. The van der Waals surface area contributed by atoms with Crippen molar-refractivity contribution in [2.45, 2.75) is 5.92 Å². The van der Waals surface area contributed by atoms with Crippen LogP contribution in [0.15, 0.2) is 35.5 Å². The number of aromatic nitrogens is 2. The maximum Gasteiger partial charge on any atom is 0.129 e. The SMILES string of the molecule is N=CC(C=NCC1COC1)c1cc(C(=N)c2cccc(N3CCNCC3)n2)c(N)cn1. The van der Waals surface area contributed by atoms with E-state index in [4.69, 9.17) is 26.3 Å². The third kappa shape index (κ3) is 4.95. The number of aliphatic imine (C=N–C) groups is 1. The Kier molecular flexibility index (Phi) is 6.63. The average Bonchev–Trinajstić information content (AvgIpc) is 2.79. The van der Waals surface area contributed by atoms with Crippen LogP contribution < -0.4 is 16.0 Å². The van der Waals surface area contributed by atoms with Crippen LogP contribution in [0.3, 0.4) is 0 Å². The first kappa shape index (κ1) is 21.1. The molecule has 2 aliphatic rings. The Bertz CT molecular complexity index is 966. The van der Waals surface area contributed by atoms with Gasteiger partial charge in [-0.1, -0.05) is 6.07 Å². The van der Waals surface area contributed by atoms with Gasteiger partial charge in [-0.3, -0.25) is 15.4 Å². The van der Waals surface area contributed by atoms with E-state index in [1.807, 2.05) is 18.2 Å². The highest BCUT2D eigenvalue weighted by atomic mass is 16.5. The molecule has 162 valence electrons. The number of nitrogens with two attached hydrogens (primary N) is 1. The van der Waals surface area contributed by atoms with Crippen molar-refractivity contribution in [1.82, 2.24) is 15.3 Å². The summed E-state index contributed by atoms with van der Waals surface area (Å²) in [6.07, 6.45) is 4.58. The van der Waals surface area contributed by atoms with Crippen LogP contribution in [0.5, 0.6) is 0 Å². The molecule has 4 rings (SSSR count). The topological polar surface area (TPSA) is 136 Å². The summed E-state index contributed by atoms with van der Waals surface area (Å²) in [7, 11) is 0. The van der Waals surface area contributed by atoms with E-state index in [-0.39, 0.29) is 11.6 Å². The number of ether oxygens (including phenoxy) is 1. The smallest absolute Gasteiger partial charge is 0.129 e. The van der Waals surface area contributed by atoms with Gasteiger partial charge in [-0.05, 0) is 18.2 Å². The van der Waals surface area contributed by atoms with E-state index in [1.165, 1.54) is 6.21 Å². The van der Waals surface area contributed by atoms with Gasteiger partial charge in [0.05, 0.1) is 48.1 Å². The minimum atomic E-state index is -0.367. The fraction of sp³-hybridized carbons (Fsp3) is 0.409. The highest BCUT2D eigenvalue weighted by Gasteiger charge is 2.19. The Morgan fingerprint density at radius 3 is 2.87 bits per heavy atom. The molecule has 0 radical (unpaired) electrons. The fourth-order valence-electron chi connectivity index (χ4n) is 3.57. The van der Waals surface area contributed by atoms with Gasteiger partial charge < -0.3 is 26.1 Å². The molecular formula is C22H28N8O. The van der Waals surface area contributed by atoms with Gasteiger partial charge in [0, 0.05) is 56.6 Å². The van der Waals surface area contributed by atoms with Crippen LogP contribution in [-0.2, 0) is 4.74 Å². The highest BCUT2D eigenvalue weighted by Crippen LogP contribution is 2.21. The first-order valence-corrected chi connectivity index (χ1v) is 10.5. The van der Waals surface area contributed by atoms with Crippen LogP contribution in [0.25, 0.3) is 0 Å². The van der Waals surface area contributed by atoms with Gasteiger partial charge in [0.1, 0.15) is 5.82 Å². The molecule has 4 heterocycles. The summed E-state index contributed by atoms with van der Waals surface area (Å²) in [5.74, 6) is 0.953. The molecule has 2 aliphatic heterocycles. The summed E-state index contributed by atoms with van der Waals surface area (Å²) in [6.45, 7) is 5.79. The van der Waals surface area contributed by atoms with Crippen molar-refractivity contribution in [3.63, 3.8) is 0 Å². The molecule has 0 aromatic carbocycles. The molecule has 1 atom stereocenters. The van der Waals surface area contributed by atoms with E-state index in [0.29, 0.717) is 35.1 Å². The molecule has 5 N–H and O–H groups in total. The van der Waals surface area contributed by atoms with Gasteiger partial charge in [-0.2, -0.15) is 0 Å². The van der Waals surface area contributed by atoms with Crippen molar-refractivity contribution in [3.8, 4) is 0 Å². The lowest BCUT2D eigenvalue weighted by Crippen LogP contribution is -2.44. The lowest BCUT2D eigenvalue weighted by molar-refractivity contribution is -0.0265. The number of anilines is 2. The number of pyridine rings is 2. The Balaban J connectivity index is 1.54. The number of nitrogens with one attached hydrogen (secondary N) is 3. The number of hydrogen-bond donors (Lipinski definition) is 4. The molecule has 0 aliphatic carbocycles. The molecule has 0 spiro atoms. The second-order valence-corrected chi connectivity index (χ2v) is 7.80. The van der Waals surface area contributed by atoms with Gasteiger partial charge in [0.15, 0.2) is 0 Å². The van der Waals surface area contributed by atoms with Crippen LogP contribution >= 0.6 is 0 Å². The molecule has 31 heavy (non-hydrogen) atoms. The lowest BCUT2D eigenvalue weighted by Gasteiger charge is -2.28. The van der Waals surface area contributed by atoms with E-state index in [1.54, 1.807) is 18.5 Å². The van der Waals surface area contributed by atoms with Crippen LogP contribution in [0.4, 0.5) is 11.5 Å². The molecule has 1 unspecified atom stereocenters. The first-order chi connectivity index (χ1) is 15.2. The molecule has 0 amide bonds. The zero-order valence-electron chi connectivity index (χ0n) is 17.4. The maximum atomic E-state index is 8.74. The molecule has 0 saturated carbocycles. The largest absolute Gasteiger partial charge is 0.397 e. The molecule has 2 fully saturated rings. The molecule has 9 heteroatoms. The number of hydrogen-bond acceptors (Lipinski definition) is 9. The van der Waals surface area contributed by atoms with Crippen LogP contribution in [-0.4, -0.2) is 74.0 Å². The van der Waals surface area contributed by atoms with E-state index in [9.17, 15) is 0 Å². The van der Waals surface area contributed by atoms with Gasteiger partial charge >= 0.3 is 0 Å². The Labute approximate surface area is 181 Å². The third-order valence-corrected chi connectivity index (χ3v) is 5.51. The quantitative estimate of drug-likeness (QED) is 0.476. The van der Waals surface area contributed by atoms with E-state index in [2.05, 4.69) is 20.2 Å². The van der Waals surface area contributed by atoms with Gasteiger partial charge in [-0.15, -0.1) is 0 Å². The second kappa shape index (κ2) is 9.76. The molecule has 2 aromatic rings. The fourth-order valence-corrected chi connectivity index (χ4v) is 3.57. The molecule has 0 bridgehead atoms. The van der Waals surface area contributed by atoms with Crippen molar-refractivity contribution in [1.29, 1.82) is 10.8 Å². The zero-order chi connectivity index (χ0) is 21.6. The number of nitrogen functional groups attached to an aromatic ring is 1. The van der Waals surface area contributed by atoms with Crippen LogP contribution in [0, 0.1) is 16.7 Å². The lowest BCUT2D eigenvalue weighted by atomic mass is 10.0. The van der Waals surface area contributed by atoms with E-state index >= 15 is 0 Å². The van der Waals surface area contributed by atoms with Crippen LogP contribution in [0.2, 0.25) is 0 Å². The minimum absolute atomic E-state index is 0.241. The van der Waals surface area contributed by atoms with Crippen molar-refractivity contribution >= 4 is 29.6 Å². The Morgan fingerprint density at radius 1 is 1.35 bits per heavy atom. The maximum absolute atomic E-state index is 8.74. The van der Waals surface area contributed by atoms with Crippen molar-refractivity contribution < 1.29 is 4.74 Å². The molecule has 2 saturated heterocycles. The number of piperazine rings is 1. The van der Waals surface area contributed by atoms with Gasteiger partial charge in [0.25, 0.3) is 0 Å². The second-order valence-electron chi connectivity index (χ2n) is 7.80. The summed E-state index contributed by atoms with van der Waals surface area (Å²) < 4.78 is 5.17. The summed E-state index contributed by atoms with van der Waals surface area (Å²) >= 11 is 0. The van der Waals surface area contributed by atoms with Crippen LogP contribution in [0.1, 0.15) is 22.9 Å². The predicted molar refractivity (Wildman–Crippen MR) is 123 cm³/mol. The average molecular weight is 421 g/mol. The van der Waals surface area contributed by atoms with Crippen molar-refractivity contribution in [2.75, 3.05) is 56.6 Å². The van der Waals surface area contributed by atoms with E-state index < -0.39 is 0 Å². The van der Waals surface area contributed by atoms with Crippen molar-refractivity contribution in [3.05, 3.63) is 47.4 Å². The zero-order valence-corrected chi connectivity index (χ0v) is 17.4. The minimum Gasteiger partial charge on any atom is -0.397 e. The number of rotatable bonds is 8. The number of nitrogens with zero attached hydrogens (tertiary/aromatic N) is 4. The summed E-state index contributed by atoms with van der Waals surface area (Å²) in [5, 5.41) is 19.9. The Hall–Kier alpha value is -3.17. The summed E-state index contributed by atoms with van der Waals surface area (Å²) in [5.41, 5.74) is 8.57. The predicted octanol–water partition coefficient (Wildman–Crippen LogP) is 1.33. The monoisotopic (exact) mass is 420 g/mol. The van der Waals surface area contributed by atoms with Crippen molar-refractivity contribution in [2.24, 2.45) is 10.9 Å². The van der Waals surface area contributed by atoms with Gasteiger partial charge in [0.2, 0.25) is 0 Å². The third-order valence-electron chi connectivity index (χ3n) is 5.51. The van der Waals surface area contributed by atoms with Gasteiger partial charge in [-0.25, -0.2) is 4.98 Å². The molecular weight excluding hydrogens is 392 g/mol. The first-order valence-electron chi connectivity index (χ1n) is 10.5. The van der Waals surface area contributed by atoms with E-state index in [0.717, 1.165) is 45.2 Å². The standard InChI is InChI=1S/C22H28N8O/c23-9-16(11-27-10-15-13-31-14-15)20-8-17(18(24)12-28-20)22(25)19-2-1-3-21(29-19)30-6-4-26-5-7-30/h1-3,8-9,11-12,15-16,23,25-26H,4-7,10,13-14,24H2. The summed E-state index contributed by atoms with van der Waals surface area (Å²) in [4.78, 5) is 15.8. The molecule has 9 nitrogen and oxygen atoms in total. The highest BCUT2D eigenvalue weighted by molar-refractivity contribution is 6.13. The normalized spacial score (nSPS) is 18.0. The summed E-state index contributed by atoms with van der Waals surface area (Å²) in [6, 6.07) is 7.48. The Morgan fingerprint density at radius 2 is 2.16 bits per heavy atom.